The summed E-state index contributed by atoms with van der Waals surface area (Å²) >= 11 is 0. The van der Waals surface area contributed by atoms with Crippen molar-refractivity contribution >= 4 is 82.0 Å². The van der Waals surface area contributed by atoms with Gasteiger partial charge in [0.05, 0.1) is 22.3 Å². The predicted molar refractivity (Wildman–Crippen MR) is 236 cm³/mol. The number of carboxylic acids is 2. The summed E-state index contributed by atoms with van der Waals surface area (Å²) in [4.78, 5) is 52.2. The van der Waals surface area contributed by atoms with Crippen molar-refractivity contribution < 1.29 is 64.9 Å². The molecule has 0 aliphatic rings. The first kappa shape index (κ1) is 47.3. The van der Waals surface area contributed by atoms with Crippen LogP contribution in [0.2, 0.25) is 0 Å². The third kappa shape index (κ3) is 9.13. The summed E-state index contributed by atoms with van der Waals surface area (Å²) in [5.74, 6) is -6.74. The van der Waals surface area contributed by atoms with Crippen LogP contribution in [0.5, 0.6) is 0 Å². The van der Waals surface area contributed by atoms with E-state index < -0.39 is 89.2 Å². The van der Waals surface area contributed by atoms with Gasteiger partial charge < -0.3 is 41.4 Å². The maximum Gasteiger partial charge on any atom is 0.411 e. The highest BCUT2D eigenvalue weighted by atomic mass is 31.2. The normalized spacial score (nSPS) is 13.8. The van der Waals surface area contributed by atoms with Gasteiger partial charge in [0.25, 0.3) is 11.8 Å². The van der Waals surface area contributed by atoms with Gasteiger partial charge in [0.1, 0.15) is 14.3 Å². The molecule has 2 unspecified atom stereocenters. The number of nitrogens with two attached hydrogens (primary N) is 2. The molecular formula is C45H36F6N4O8P2. The van der Waals surface area contributed by atoms with Gasteiger partial charge in [0.15, 0.2) is 0 Å². The number of benzene rings is 6. The molecule has 6 aromatic carbocycles. The lowest BCUT2D eigenvalue weighted by Gasteiger charge is -2.38. The molecule has 65 heavy (non-hydrogen) atoms. The standard InChI is InChI=1S/C45H36F6N4O8P2/c1-64(62,31-11-3-7-27(52)21-31)33-13-5-9-29(23-33)54-39(56)37-19-25(15-17-35(37)41(58)59)43(44(46,47)48,45(49,50)51)26-16-18-36(42(60)61)38(20-26)40(57)55-30-10-6-14-34(24-30)65(2,63)32-12-4-8-28(53)22-32/h3-24H,52-53H2,1-2H3,(H,54,56)(H,55,57)(H,58,59)(H,60,61). The predicted octanol–water partition coefficient (Wildman–Crippen LogP) is 8.05. The van der Waals surface area contributed by atoms with Crippen LogP contribution in [-0.2, 0) is 14.5 Å². The minimum absolute atomic E-state index is 0.0980. The number of carbonyl (C=O) groups is 4. The Morgan fingerprint density at radius 1 is 0.477 bits per heavy atom. The van der Waals surface area contributed by atoms with E-state index in [-0.39, 0.29) is 46.2 Å². The Labute approximate surface area is 366 Å². The molecule has 12 nitrogen and oxygen atoms in total. The molecule has 20 heteroatoms. The van der Waals surface area contributed by atoms with E-state index in [0.717, 1.165) is 0 Å². The molecule has 0 radical (unpaired) electrons. The minimum atomic E-state index is -6.36. The van der Waals surface area contributed by atoms with Crippen molar-refractivity contribution in [2.75, 3.05) is 35.4 Å². The number of hydrogen-bond acceptors (Lipinski definition) is 8. The molecule has 6 rings (SSSR count). The Balaban J connectivity index is 1.45. The van der Waals surface area contributed by atoms with Gasteiger partial charge in [-0.25, -0.2) is 9.59 Å². The number of nitrogens with one attached hydrogen (secondary N) is 2. The highest BCUT2D eigenvalue weighted by molar-refractivity contribution is 7.78. The zero-order valence-electron chi connectivity index (χ0n) is 33.9. The molecule has 6 aromatic rings. The lowest BCUT2D eigenvalue weighted by Crippen LogP contribution is -2.55. The van der Waals surface area contributed by atoms with Crippen LogP contribution in [0.25, 0.3) is 0 Å². The van der Waals surface area contributed by atoms with Crippen molar-refractivity contribution in [1.29, 1.82) is 0 Å². The second-order valence-electron chi connectivity index (χ2n) is 14.9. The molecular weight excluding hydrogens is 900 g/mol. The zero-order valence-corrected chi connectivity index (χ0v) is 35.7. The molecule has 0 fully saturated rings. The molecule has 0 saturated heterocycles. The topological polar surface area (TPSA) is 219 Å². The Kier molecular flexibility index (Phi) is 12.7. The van der Waals surface area contributed by atoms with Crippen molar-refractivity contribution in [2.45, 2.75) is 17.8 Å². The van der Waals surface area contributed by atoms with Crippen LogP contribution in [0.1, 0.15) is 52.6 Å². The van der Waals surface area contributed by atoms with Crippen LogP contribution in [0.4, 0.5) is 49.1 Å². The molecule has 0 saturated carbocycles. The molecule has 8 N–H and O–H groups in total. The Hall–Kier alpha value is -7.16. The number of carbonyl (C=O) groups excluding carboxylic acids is 2. The van der Waals surface area contributed by atoms with E-state index in [1.165, 1.54) is 74.0 Å². The van der Waals surface area contributed by atoms with Gasteiger partial charge in [-0.2, -0.15) is 26.3 Å². The van der Waals surface area contributed by atoms with E-state index in [1.807, 2.05) is 0 Å². The highest BCUT2D eigenvalue weighted by Gasteiger charge is 2.72. The summed E-state index contributed by atoms with van der Waals surface area (Å²) in [5.41, 5.74) is -0.902. The van der Waals surface area contributed by atoms with Crippen LogP contribution < -0.4 is 43.3 Å². The fourth-order valence-corrected chi connectivity index (χ4v) is 10.9. The summed E-state index contributed by atoms with van der Waals surface area (Å²) in [6.07, 6.45) is -12.7. The summed E-state index contributed by atoms with van der Waals surface area (Å²) in [6.45, 7) is 2.79. The van der Waals surface area contributed by atoms with Crippen molar-refractivity contribution in [3.05, 3.63) is 167 Å². The van der Waals surface area contributed by atoms with Crippen molar-refractivity contribution in [1.82, 2.24) is 0 Å². The minimum Gasteiger partial charge on any atom is -0.478 e. The molecule has 2 amide bonds. The highest BCUT2D eigenvalue weighted by Crippen LogP contribution is 2.57. The monoisotopic (exact) mass is 936 g/mol. The number of halogens is 6. The van der Waals surface area contributed by atoms with Crippen LogP contribution >= 0.6 is 14.3 Å². The van der Waals surface area contributed by atoms with E-state index in [4.69, 9.17) is 11.5 Å². The summed E-state index contributed by atoms with van der Waals surface area (Å²) < 4.78 is 121. The van der Waals surface area contributed by atoms with Gasteiger partial charge in [-0.3, -0.25) is 9.59 Å². The van der Waals surface area contributed by atoms with Crippen LogP contribution in [0.15, 0.2) is 133 Å². The fraction of sp³-hybridized carbons (Fsp3) is 0.111. The van der Waals surface area contributed by atoms with Gasteiger partial charge in [0, 0.05) is 44.0 Å². The number of amides is 2. The quantitative estimate of drug-likeness (QED) is 0.0394. The average Bonchev–Trinajstić information content (AvgIpc) is 3.22. The molecule has 0 spiro atoms. The first-order valence-corrected chi connectivity index (χ1v) is 23.2. The van der Waals surface area contributed by atoms with Crippen molar-refractivity contribution in [3.8, 4) is 0 Å². The molecule has 2 atom stereocenters. The second kappa shape index (κ2) is 17.4. The fourth-order valence-electron chi connectivity index (χ4n) is 7.26. The Morgan fingerprint density at radius 2 is 0.800 bits per heavy atom. The summed E-state index contributed by atoms with van der Waals surface area (Å²) in [5, 5.41) is 25.4. The first-order valence-electron chi connectivity index (χ1n) is 18.9. The number of alkyl halides is 6. The lowest BCUT2D eigenvalue weighted by atomic mass is 9.71. The summed E-state index contributed by atoms with van der Waals surface area (Å²) in [7, 11) is -6.82. The van der Waals surface area contributed by atoms with Gasteiger partial charge >= 0.3 is 24.3 Å². The number of hydrogen-bond donors (Lipinski definition) is 6. The second-order valence-corrected chi connectivity index (χ2v) is 20.7. The van der Waals surface area contributed by atoms with Crippen molar-refractivity contribution in [2.24, 2.45) is 0 Å². The SMILES string of the molecule is CP(=O)(c1cccc(N)c1)c1cccc(NC(=O)c2cc(C(c3ccc(C(=O)O)c(C(=O)Nc4cccc(P(C)(=O)c5cccc(N)c5)c4)c3)(C(F)(F)F)C(F)(F)F)ccc2C(=O)O)c1. The molecule has 336 valence electrons. The molecule has 0 aliphatic heterocycles. The van der Waals surface area contributed by atoms with Gasteiger partial charge in [-0.15, -0.1) is 0 Å². The lowest BCUT2D eigenvalue weighted by molar-refractivity contribution is -0.288. The Morgan fingerprint density at radius 3 is 1.11 bits per heavy atom. The van der Waals surface area contributed by atoms with Crippen LogP contribution in [-0.4, -0.2) is 59.6 Å². The number of rotatable bonds is 12. The number of nitrogen functional groups attached to an aromatic ring is 2. The molecule has 0 aromatic heterocycles. The van der Waals surface area contributed by atoms with Crippen LogP contribution in [0, 0.1) is 0 Å². The molecule has 0 heterocycles. The van der Waals surface area contributed by atoms with Gasteiger partial charge in [0.2, 0.25) is 5.41 Å². The third-order valence-electron chi connectivity index (χ3n) is 10.6. The number of carboxylic acid groups (broad SMARTS) is 2. The zero-order chi connectivity index (χ0) is 47.9. The van der Waals surface area contributed by atoms with E-state index in [0.29, 0.717) is 34.1 Å². The van der Waals surface area contributed by atoms with Gasteiger partial charge in [-0.05, 0) is 97.3 Å². The number of aromatic carboxylic acids is 2. The van der Waals surface area contributed by atoms with Crippen LogP contribution in [0.3, 0.4) is 0 Å². The maximum absolute atomic E-state index is 15.5. The average molecular weight is 937 g/mol. The Bertz CT molecular complexity index is 2810. The van der Waals surface area contributed by atoms with Crippen molar-refractivity contribution in [3.63, 3.8) is 0 Å². The van der Waals surface area contributed by atoms with E-state index in [2.05, 4.69) is 10.6 Å². The molecule has 0 bridgehead atoms. The molecule has 0 aliphatic carbocycles. The van der Waals surface area contributed by atoms with E-state index >= 15 is 26.3 Å². The number of anilines is 4. The summed E-state index contributed by atoms with van der Waals surface area (Å²) in [6, 6.07) is 24.2. The first-order chi connectivity index (χ1) is 30.3. The largest absolute Gasteiger partial charge is 0.478 e. The van der Waals surface area contributed by atoms with E-state index in [9.17, 15) is 38.5 Å². The van der Waals surface area contributed by atoms with E-state index in [1.54, 1.807) is 36.4 Å². The third-order valence-corrected chi connectivity index (χ3v) is 15.7. The smallest absolute Gasteiger partial charge is 0.411 e. The maximum atomic E-state index is 15.5. The van der Waals surface area contributed by atoms with Gasteiger partial charge in [-0.1, -0.05) is 60.7 Å².